The molecular weight excluding hydrogens is 326 g/mol. The van der Waals surface area contributed by atoms with E-state index in [1.54, 1.807) is 57.2 Å². The van der Waals surface area contributed by atoms with Crippen molar-refractivity contribution in [3.63, 3.8) is 0 Å². The van der Waals surface area contributed by atoms with Crippen molar-refractivity contribution in [1.29, 1.82) is 0 Å². The molecular formula is C19H22F2N2O2. The third-order valence-electron chi connectivity index (χ3n) is 3.23. The average molecular weight is 348 g/mol. The van der Waals surface area contributed by atoms with Gasteiger partial charge in [-0.05, 0) is 56.7 Å². The van der Waals surface area contributed by atoms with Crippen LogP contribution in [0.1, 0.15) is 38.3 Å². The number of carbonyl (C=O) groups excluding carboxylic acids is 1. The standard InChI is InChI=1S/C19H22F2N2O2/c1-19(2,3)25-18(24)23-16-9-7-15(8-10-16)22-12-13-5-4-6-14(11-13)17(20)21/h4-11,17,22H,12H2,1-3H3,(H,23,24). The number of anilines is 2. The van der Waals surface area contributed by atoms with E-state index in [2.05, 4.69) is 10.6 Å². The van der Waals surface area contributed by atoms with Gasteiger partial charge in [-0.25, -0.2) is 13.6 Å². The molecule has 0 saturated carbocycles. The Balaban J connectivity index is 1.90. The molecule has 0 fully saturated rings. The SMILES string of the molecule is CC(C)(C)OC(=O)Nc1ccc(NCc2cccc(C(F)F)c2)cc1. The van der Waals surface area contributed by atoms with E-state index >= 15 is 0 Å². The summed E-state index contributed by atoms with van der Waals surface area (Å²) < 4.78 is 30.6. The second kappa shape index (κ2) is 7.96. The second-order valence-corrected chi connectivity index (χ2v) is 6.60. The van der Waals surface area contributed by atoms with Crippen LogP contribution in [0.15, 0.2) is 48.5 Å². The van der Waals surface area contributed by atoms with Crippen molar-refractivity contribution in [3.8, 4) is 0 Å². The van der Waals surface area contributed by atoms with Gasteiger partial charge in [0.2, 0.25) is 0 Å². The van der Waals surface area contributed by atoms with E-state index in [-0.39, 0.29) is 5.56 Å². The Labute approximate surface area is 146 Å². The summed E-state index contributed by atoms with van der Waals surface area (Å²) in [5.74, 6) is 0. The molecule has 6 heteroatoms. The lowest BCUT2D eigenvalue weighted by Gasteiger charge is -2.19. The van der Waals surface area contributed by atoms with Gasteiger partial charge in [0.1, 0.15) is 5.60 Å². The molecule has 1 amide bonds. The molecule has 2 aromatic rings. The Bertz CT molecular complexity index is 710. The first kappa shape index (κ1) is 18.7. The average Bonchev–Trinajstić information content (AvgIpc) is 2.52. The summed E-state index contributed by atoms with van der Waals surface area (Å²) in [5, 5.41) is 5.80. The lowest BCUT2D eigenvalue weighted by molar-refractivity contribution is 0.0636. The first-order valence-electron chi connectivity index (χ1n) is 7.94. The molecule has 0 aliphatic carbocycles. The summed E-state index contributed by atoms with van der Waals surface area (Å²) in [5.41, 5.74) is 1.65. The van der Waals surface area contributed by atoms with Crippen LogP contribution in [0.5, 0.6) is 0 Å². The van der Waals surface area contributed by atoms with Gasteiger partial charge < -0.3 is 10.1 Å². The number of halogens is 2. The molecule has 0 aromatic heterocycles. The van der Waals surface area contributed by atoms with Gasteiger partial charge in [0, 0.05) is 23.5 Å². The molecule has 0 heterocycles. The molecule has 2 aromatic carbocycles. The summed E-state index contributed by atoms with van der Waals surface area (Å²) in [7, 11) is 0. The summed E-state index contributed by atoms with van der Waals surface area (Å²) in [4.78, 5) is 11.7. The van der Waals surface area contributed by atoms with E-state index in [9.17, 15) is 13.6 Å². The second-order valence-electron chi connectivity index (χ2n) is 6.60. The Kier molecular flexibility index (Phi) is 5.96. The number of rotatable bonds is 5. The number of benzene rings is 2. The van der Waals surface area contributed by atoms with E-state index in [1.807, 2.05) is 0 Å². The highest BCUT2D eigenvalue weighted by Crippen LogP contribution is 2.20. The van der Waals surface area contributed by atoms with Gasteiger partial charge in [-0.15, -0.1) is 0 Å². The van der Waals surface area contributed by atoms with Crippen LogP contribution in [-0.2, 0) is 11.3 Å². The van der Waals surface area contributed by atoms with E-state index in [0.29, 0.717) is 12.2 Å². The van der Waals surface area contributed by atoms with Gasteiger partial charge in [0.25, 0.3) is 6.43 Å². The lowest BCUT2D eigenvalue weighted by Crippen LogP contribution is -2.27. The van der Waals surface area contributed by atoms with Gasteiger partial charge in [0.15, 0.2) is 0 Å². The largest absolute Gasteiger partial charge is 0.444 e. The summed E-state index contributed by atoms with van der Waals surface area (Å²) >= 11 is 0. The van der Waals surface area contributed by atoms with Crippen LogP contribution in [0.3, 0.4) is 0 Å². The van der Waals surface area contributed by atoms with Crippen LogP contribution in [0.2, 0.25) is 0 Å². The van der Waals surface area contributed by atoms with Crippen molar-refractivity contribution in [2.75, 3.05) is 10.6 Å². The number of amides is 1. The number of alkyl halides is 2. The van der Waals surface area contributed by atoms with E-state index in [4.69, 9.17) is 4.74 Å². The van der Waals surface area contributed by atoms with Crippen molar-refractivity contribution in [2.24, 2.45) is 0 Å². The minimum Gasteiger partial charge on any atom is -0.444 e. The fraction of sp³-hybridized carbons (Fsp3) is 0.316. The van der Waals surface area contributed by atoms with Crippen LogP contribution in [0.4, 0.5) is 25.0 Å². The first-order valence-corrected chi connectivity index (χ1v) is 7.94. The topological polar surface area (TPSA) is 50.4 Å². The van der Waals surface area contributed by atoms with Crippen molar-refractivity contribution < 1.29 is 18.3 Å². The molecule has 0 saturated heterocycles. The lowest BCUT2D eigenvalue weighted by atomic mass is 10.1. The Morgan fingerprint density at radius 3 is 2.32 bits per heavy atom. The molecule has 0 aliphatic rings. The molecule has 25 heavy (non-hydrogen) atoms. The van der Waals surface area contributed by atoms with Gasteiger partial charge in [-0.2, -0.15) is 0 Å². The van der Waals surface area contributed by atoms with Crippen LogP contribution >= 0.6 is 0 Å². The fourth-order valence-electron chi connectivity index (χ4n) is 2.14. The molecule has 134 valence electrons. The minimum atomic E-state index is -2.47. The van der Waals surface area contributed by atoms with Gasteiger partial charge in [-0.3, -0.25) is 5.32 Å². The van der Waals surface area contributed by atoms with E-state index in [0.717, 1.165) is 11.3 Å². The first-order chi connectivity index (χ1) is 11.7. The van der Waals surface area contributed by atoms with Crippen molar-refractivity contribution in [3.05, 3.63) is 59.7 Å². The highest BCUT2D eigenvalue weighted by molar-refractivity contribution is 5.85. The number of carbonyl (C=O) groups is 1. The smallest absolute Gasteiger partial charge is 0.412 e. The molecule has 0 atom stereocenters. The Morgan fingerprint density at radius 2 is 1.72 bits per heavy atom. The highest BCUT2D eigenvalue weighted by atomic mass is 19.3. The molecule has 0 unspecified atom stereocenters. The Morgan fingerprint density at radius 1 is 1.08 bits per heavy atom. The van der Waals surface area contributed by atoms with E-state index in [1.165, 1.54) is 12.1 Å². The highest BCUT2D eigenvalue weighted by Gasteiger charge is 2.16. The maximum Gasteiger partial charge on any atom is 0.412 e. The van der Waals surface area contributed by atoms with Crippen LogP contribution in [0.25, 0.3) is 0 Å². The van der Waals surface area contributed by atoms with Gasteiger partial charge in [-0.1, -0.05) is 18.2 Å². The normalized spacial score (nSPS) is 11.3. The third-order valence-corrected chi connectivity index (χ3v) is 3.23. The molecule has 2 N–H and O–H groups in total. The van der Waals surface area contributed by atoms with Gasteiger partial charge in [0.05, 0.1) is 0 Å². The number of nitrogens with one attached hydrogen (secondary N) is 2. The zero-order valence-corrected chi connectivity index (χ0v) is 14.5. The predicted molar refractivity (Wildman–Crippen MR) is 95.0 cm³/mol. The van der Waals surface area contributed by atoms with Crippen molar-refractivity contribution in [2.45, 2.75) is 39.3 Å². The Hall–Kier alpha value is -2.63. The fourth-order valence-corrected chi connectivity index (χ4v) is 2.14. The monoisotopic (exact) mass is 348 g/mol. The maximum absolute atomic E-state index is 12.7. The van der Waals surface area contributed by atoms with Crippen LogP contribution < -0.4 is 10.6 Å². The molecule has 0 radical (unpaired) electrons. The molecule has 4 nitrogen and oxygen atoms in total. The number of ether oxygens (including phenoxy) is 1. The van der Waals surface area contributed by atoms with Crippen molar-refractivity contribution >= 4 is 17.5 Å². The zero-order valence-electron chi connectivity index (χ0n) is 14.5. The summed E-state index contributed by atoms with van der Waals surface area (Å²) in [6.45, 7) is 5.81. The zero-order chi connectivity index (χ0) is 18.4. The van der Waals surface area contributed by atoms with Crippen LogP contribution in [0, 0.1) is 0 Å². The third kappa shape index (κ3) is 6.41. The molecule has 0 bridgehead atoms. The quantitative estimate of drug-likeness (QED) is 0.741. The maximum atomic E-state index is 12.7. The summed E-state index contributed by atoms with van der Waals surface area (Å²) in [6.07, 6.45) is -2.99. The van der Waals surface area contributed by atoms with Gasteiger partial charge >= 0.3 is 6.09 Å². The van der Waals surface area contributed by atoms with Crippen LogP contribution in [-0.4, -0.2) is 11.7 Å². The molecule has 0 aliphatic heterocycles. The summed E-state index contributed by atoms with van der Waals surface area (Å²) in [6, 6.07) is 13.4. The number of hydrogen-bond donors (Lipinski definition) is 2. The minimum absolute atomic E-state index is 0.0104. The number of hydrogen-bond acceptors (Lipinski definition) is 3. The van der Waals surface area contributed by atoms with Crippen molar-refractivity contribution in [1.82, 2.24) is 0 Å². The predicted octanol–water partition coefficient (Wildman–Crippen LogP) is 5.58. The molecule has 2 rings (SSSR count). The van der Waals surface area contributed by atoms with E-state index < -0.39 is 18.1 Å². The molecule has 0 spiro atoms.